The van der Waals surface area contributed by atoms with Crippen LogP contribution >= 0.6 is 0 Å². The van der Waals surface area contributed by atoms with Crippen LogP contribution in [0.4, 0.5) is 16.2 Å². The number of carbonyl (C=O) groups is 3. The number of nitrogens with two attached hydrogens (primary N) is 1. The third-order valence-electron chi connectivity index (χ3n) is 6.84. The quantitative estimate of drug-likeness (QED) is 0.511. The number of benzene rings is 2. The van der Waals surface area contributed by atoms with Gasteiger partial charge in [-0.15, -0.1) is 0 Å². The van der Waals surface area contributed by atoms with Crippen LogP contribution in [0.1, 0.15) is 40.4 Å². The van der Waals surface area contributed by atoms with E-state index in [1.165, 1.54) is 0 Å². The van der Waals surface area contributed by atoms with E-state index in [2.05, 4.69) is 10.2 Å². The molecule has 2 aliphatic heterocycles. The van der Waals surface area contributed by atoms with Crippen molar-refractivity contribution in [3.8, 4) is 0 Å². The van der Waals surface area contributed by atoms with Gasteiger partial charge in [0.05, 0.1) is 37.1 Å². The first-order valence-corrected chi connectivity index (χ1v) is 12.7. The fourth-order valence-corrected chi connectivity index (χ4v) is 4.76. The number of hydrogen-bond acceptors (Lipinski definition) is 6. The van der Waals surface area contributed by atoms with Crippen molar-refractivity contribution >= 4 is 29.3 Å². The Labute approximate surface area is 217 Å². The lowest BCUT2D eigenvalue weighted by Crippen LogP contribution is -2.49. The van der Waals surface area contributed by atoms with Gasteiger partial charge in [0, 0.05) is 44.8 Å². The van der Waals surface area contributed by atoms with Crippen LogP contribution in [0.5, 0.6) is 0 Å². The first kappa shape index (κ1) is 26.3. The highest BCUT2D eigenvalue weighted by atomic mass is 16.5. The zero-order valence-corrected chi connectivity index (χ0v) is 21.2. The monoisotopic (exact) mass is 509 g/mol. The maximum Gasteiger partial charge on any atom is 0.320 e. The molecule has 0 aliphatic carbocycles. The van der Waals surface area contributed by atoms with Gasteiger partial charge in [-0.25, -0.2) is 4.79 Å². The Morgan fingerprint density at radius 2 is 1.68 bits per heavy atom. The summed E-state index contributed by atoms with van der Waals surface area (Å²) in [6.07, 6.45) is 0.584. The molecule has 0 aromatic heterocycles. The van der Waals surface area contributed by atoms with Crippen LogP contribution in [0.2, 0.25) is 0 Å². The molecule has 3 amide bonds. The number of urea groups is 1. The second kappa shape index (κ2) is 12.0. The molecule has 0 saturated carbocycles. The number of ether oxygens (including phenoxy) is 1. The number of morpholine rings is 1. The van der Waals surface area contributed by atoms with Crippen molar-refractivity contribution in [1.29, 1.82) is 0 Å². The van der Waals surface area contributed by atoms with E-state index in [-0.39, 0.29) is 18.4 Å². The molecule has 10 heteroatoms. The fraction of sp³-hybridized carbons (Fsp3) is 0.444. The van der Waals surface area contributed by atoms with Gasteiger partial charge in [0.2, 0.25) is 0 Å². The second-order valence-electron chi connectivity index (χ2n) is 9.52. The Hall–Kier alpha value is -3.79. The maximum absolute atomic E-state index is 13.0. The molecule has 37 heavy (non-hydrogen) atoms. The minimum absolute atomic E-state index is 0.0506. The van der Waals surface area contributed by atoms with Gasteiger partial charge >= 0.3 is 12.0 Å². The Morgan fingerprint density at radius 3 is 2.35 bits per heavy atom. The molecular formula is C27H35N5O5. The van der Waals surface area contributed by atoms with Gasteiger partial charge in [-0.3, -0.25) is 9.59 Å². The van der Waals surface area contributed by atoms with E-state index in [0.29, 0.717) is 57.2 Å². The summed E-state index contributed by atoms with van der Waals surface area (Å²) in [5.41, 5.74) is 9.80. The molecule has 0 bridgehead atoms. The van der Waals surface area contributed by atoms with Gasteiger partial charge in [-0.05, 0) is 37.1 Å². The average molecular weight is 510 g/mol. The summed E-state index contributed by atoms with van der Waals surface area (Å²) in [4.78, 5) is 43.2. The van der Waals surface area contributed by atoms with E-state index < -0.39 is 12.0 Å². The highest BCUT2D eigenvalue weighted by molar-refractivity contribution is 5.96. The third-order valence-corrected chi connectivity index (χ3v) is 6.84. The van der Waals surface area contributed by atoms with E-state index >= 15 is 0 Å². The van der Waals surface area contributed by atoms with Crippen LogP contribution in [0.15, 0.2) is 42.5 Å². The second-order valence-corrected chi connectivity index (χ2v) is 9.52. The predicted octanol–water partition coefficient (Wildman–Crippen LogP) is 2.49. The molecule has 198 valence electrons. The first-order chi connectivity index (χ1) is 17.8. The molecule has 4 N–H and O–H groups in total. The molecular weight excluding hydrogens is 474 g/mol. The summed E-state index contributed by atoms with van der Waals surface area (Å²) >= 11 is 0. The third kappa shape index (κ3) is 6.71. The lowest BCUT2D eigenvalue weighted by Gasteiger charge is -2.32. The number of carbonyl (C=O) groups excluding carboxylic acids is 2. The van der Waals surface area contributed by atoms with Crippen molar-refractivity contribution in [2.24, 2.45) is 0 Å². The standard InChI is InChI=1S/C27H35N5O5/c1-19-3-5-20(6-4-19)23(18-25(33)34)29-26(35)21-7-8-24(22(28)17-21)30-9-2-10-31(12-11-30)27(36)32-13-15-37-16-14-32/h3-8,17,23H,2,9-16,18,28H2,1H3,(H,29,35)(H,33,34). The molecule has 4 rings (SSSR count). The smallest absolute Gasteiger partial charge is 0.320 e. The lowest BCUT2D eigenvalue weighted by atomic mass is 10.0. The SMILES string of the molecule is Cc1ccc(C(CC(=O)O)NC(=O)c2ccc(N3CCCN(C(=O)N4CCOCC4)CC3)c(N)c2)cc1. The molecule has 2 saturated heterocycles. The minimum Gasteiger partial charge on any atom is -0.481 e. The molecule has 2 heterocycles. The van der Waals surface area contributed by atoms with E-state index in [4.69, 9.17) is 10.5 Å². The van der Waals surface area contributed by atoms with Crippen molar-refractivity contribution < 1.29 is 24.2 Å². The van der Waals surface area contributed by atoms with Gasteiger partial charge in [0.25, 0.3) is 5.91 Å². The molecule has 2 aromatic carbocycles. The lowest BCUT2D eigenvalue weighted by molar-refractivity contribution is -0.137. The van der Waals surface area contributed by atoms with Gasteiger partial charge in [-0.2, -0.15) is 0 Å². The Bertz CT molecular complexity index is 1120. The summed E-state index contributed by atoms with van der Waals surface area (Å²) in [5.74, 6) is -1.38. The zero-order chi connectivity index (χ0) is 26.4. The van der Waals surface area contributed by atoms with Crippen molar-refractivity contribution in [3.05, 3.63) is 59.2 Å². The predicted molar refractivity (Wildman–Crippen MR) is 141 cm³/mol. The van der Waals surface area contributed by atoms with Crippen LogP contribution in [-0.4, -0.2) is 85.3 Å². The van der Waals surface area contributed by atoms with E-state index in [0.717, 1.165) is 29.8 Å². The minimum atomic E-state index is -0.997. The summed E-state index contributed by atoms with van der Waals surface area (Å²) in [5, 5.41) is 12.2. The van der Waals surface area contributed by atoms with E-state index in [9.17, 15) is 19.5 Å². The number of nitrogen functional groups attached to an aromatic ring is 1. The fourth-order valence-electron chi connectivity index (χ4n) is 4.76. The van der Waals surface area contributed by atoms with Crippen LogP contribution in [0.3, 0.4) is 0 Å². The van der Waals surface area contributed by atoms with Crippen molar-refractivity contribution in [2.75, 3.05) is 63.1 Å². The summed E-state index contributed by atoms with van der Waals surface area (Å²) in [6.45, 7) is 6.98. The molecule has 2 aromatic rings. The van der Waals surface area contributed by atoms with Crippen molar-refractivity contribution in [3.63, 3.8) is 0 Å². The molecule has 10 nitrogen and oxygen atoms in total. The van der Waals surface area contributed by atoms with Crippen LogP contribution in [0, 0.1) is 6.92 Å². The molecule has 0 radical (unpaired) electrons. The number of rotatable bonds is 6. The maximum atomic E-state index is 13.0. The number of nitrogens with zero attached hydrogens (tertiary/aromatic N) is 3. The van der Waals surface area contributed by atoms with Gasteiger partial charge in [-0.1, -0.05) is 29.8 Å². The highest BCUT2D eigenvalue weighted by Crippen LogP contribution is 2.27. The van der Waals surface area contributed by atoms with Crippen LogP contribution in [-0.2, 0) is 9.53 Å². The number of carboxylic acids is 1. The number of aliphatic carboxylic acids is 1. The van der Waals surface area contributed by atoms with Crippen LogP contribution in [0.25, 0.3) is 0 Å². The molecule has 1 atom stereocenters. The molecule has 2 fully saturated rings. The molecule has 1 unspecified atom stereocenters. The number of carboxylic acid groups (broad SMARTS) is 1. The zero-order valence-electron chi connectivity index (χ0n) is 21.2. The Balaban J connectivity index is 1.41. The topological polar surface area (TPSA) is 128 Å². The largest absolute Gasteiger partial charge is 0.481 e. The highest BCUT2D eigenvalue weighted by Gasteiger charge is 2.26. The molecule has 0 spiro atoms. The summed E-state index contributed by atoms with van der Waals surface area (Å²) in [6, 6.07) is 12.0. The Morgan fingerprint density at radius 1 is 0.973 bits per heavy atom. The number of nitrogens with one attached hydrogen (secondary N) is 1. The normalized spacial score (nSPS) is 17.2. The average Bonchev–Trinajstić information content (AvgIpc) is 3.15. The first-order valence-electron chi connectivity index (χ1n) is 12.7. The van der Waals surface area contributed by atoms with Gasteiger partial charge in [0.15, 0.2) is 0 Å². The Kier molecular flexibility index (Phi) is 8.50. The summed E-state index contributed by atoms with van der Waals surface area (Å²) in [7, 11) is 0. The van der Waals surface area contributed by atoms with Gasteiger partial charge < -0.3 is 35.6 Å². The summed E-state index contributed by atoms with van der Waals surface area (Å²) < 4.78 is 5.35. The number of amides is 3. The number of aryl methyl sites for hydroxylation is 1. The van der Waals surface area contributed by atoms with Crippen molar-refractivity contribution in [1.82, 2.24) is 15.1 Å². The number of hydrogen-bond donors (Lipinski definition) is 3. The van der Waals surface area contributed by atoms with Gasteiger partial charge in [0.1, 0.15) is 0 Å². The number of anilines is 2. The van der Waals surface area contributed by atoms with E-state index in [1.807, 2.05) is 47.1 Å². The van der Waals surface area contributed by atoms with Crippen LogP contribution < -0.4 is 16.0 Å². The van der Waals surface area contributed by atoms with E-state index in [1.54, 1.807) is 12.1 Å². The molecule has 2 aliphatic rings. The van der Waals surface area contributed by atoms with Crippen molar-refractivity contribution in [2.45, 2.75) is 25.8 Å².